The molecule has 0 aromatic heterocycles. The summed E-state index contributed by atoms with van der Waals surface area (Å²) in [6, 6.07) is 0. The van der Waals surface area contributed by atoms with Crippen LogP contribution in [0.1, 0.15) is 44.9 Å². The molecule has 2 aliphatic rings. The summed E-state index contributed by atoms with van der Waals surface area (Å²) in [6.45, 7) is 0. The van der Waals surface area contributed by atoms with Gasteiger partial charge in [0.25, 0.3) is 0 Å². The molecule has 0 amide bonds. The molecule has 1 saturated heterocycles. The van der Waals surface area contributed by atoms with E-state index in [1.54, 1.807) is 0 Å². The van der Waals surface area contributed by atoms with Crippen molar-refractivity contribution >= 4 is 11.9 Å². The van der Waals surface area contributed by atoms with Gasteiger partial charge in [0.05, 0.1) is 0 Å². The van der Waals surface area contributed by atoms with Gasteiger partial charge in [0, 0.05) is 0 Å². The fourth-order valence-electron chi connectivity index (χ4n) is 2.74. The molecule has 4 heteroatoms. The summed E-state index contributed by atoms with van der Waals surface area (Å²) in [4.78, 5) is 10.9. The van der Waals surface area contributed by atoms with Crippen LogP contribution in [-0.4, -0.2) is 12.2 Å². The molecule has 2 fully saturated rings. The quantitative estimate of drug-likeness (QED) is 0.466. The first-order valence-corrected chi connectivity index (χ1v) is 22.1. The van der Waals surface area contributed by atoms with Gasteiger partial charge in [0.1, 0.15) is 0 Å². The van der Waals surface area contributed by atoms with E-state index >= 15 is 0 Å². The number of halogens is 1. The van der Waals surface area contributed by atoms with Crippen molar-refractivity contribution in [1.82, 2.24) is 0 Å². The third-order valence-electron chi connectivity index (χ3n) is 3.65. The first-order valence-electron chi connectivity index (χ1n) is 6.28. The zero-order valence-electron chi connectivity index (χ0n) is 9.29. The van der Waals surface area contributed by atoms with Gasteiger partial charge in [-0.05, 0) is 0 Å². The molecule has 0 radical (unpaired) electrons. The maximum absolute atomic E-state index is 5.51. The fourth-order valence-corrected chi connectivity index (χ4v) is 7.95. The second-order valence-electron chi connectivity index (χ2n) is 4.82. The van der Waals surface area contributed by atoms with E-state index in [9.17, 15) is 0 Å². The van der Waals surface area contributed by atoms with Gasteiger partial charge in [0.2, 0.25) is 0 Å². The predicted octanol–water partition coefficient (Wildman–Crippen LogP) is 3.86. The average Bonchev–Trinajstić information content (AvgIpc) is 2.76. The topological polar surface area (TPSA) is 18.5 Å². The monoisotopic (exact) mass is 464 g/mol. The molecule has 84 valence electrons. The van der Waals surface area contributed by atoms with Crippen molar-refractivity contribution in [3.63, 3.8) is 0 Å². The van der Waals surface area contributed by atoms with Crippen molar-refractivity contribution in [3.05, 3.63) is 0 Å². The van der Waals surface area contributed by atoms with Gasteiger partial charge >= 0.3 is 111 Å². The molecule has 0 spiro atoms. The summed E-state index contributed by atoms with van der Waals surface area (Å²) >= 11 is 3.06. The Hall–Kier alpha value is 1.34. The van der Waals surface area contributed by atoms with Crippen LogP contribution in [0, 0.1) is 5.92 Å². The number of rotatable bonds is 4. The van der Waals surface area contributed by atoms with Gasteiger partial charge < -0.3 is 0 Å². The Labute approximate surface area is 110 Å². The molecule has 0 aromatic carbocycles. The Morgan fingerprint density at radius 1 is 1.13 bits per heavy atom. The molecule has 0 aromatic rings. The normalized spacial score (nSPS) is 32.9. The van der Waals surface area contributed by atoms with E-state index in [2.05, 4.69) is 11.9 Å². The first-order chi connectivity index (χ1) is 7.40. The van der Waals surface area contributed by atoms with Gasteiger partial charge in [-0.15, -0.1) is 0 Å². The Bertz CT molecular complexity index is 185. The molecule has 1 aliphatic heterocycles. The molecule has 0 bridgehead atoms. The van der Waals surface area contributed by atoms with Gasteiger partial charge in [0.15, 0.2) is 0 Å². The van der Waals surface area contributed by atoms with Crippen LogP contribution in [0.2, 0.25) is 3.93 Å². The predicted molar refractivity (Wildman–Crippen MR) is 59.3 cm³/mol. The van der Waals surface area contributed by atoms with Crippen molar-refractivity contribution in [2.24, 2.45) is 5.92 Å². The van der Waals surface area contributed by atoms with Crippen LogP contribution in [0.3, 0.4) is 0 Å². The van der Waals surface area contributed by atoms with Gasteiger partial charge in [-0.25, -0.2) is 0 Å². The van der Waals surface area contributed by atoms with Crippen LogP contribution in [-0.2, 0) is 31.9 Å². The SMILES string of the molecule is [Br][Hg][CH2]CC1CC(C2CCCCC2)OO1. The Balaban J connectivity index is 1.71. The maximum atomic E-state index is 5.51. The number of hydrogen-bond acceptors (Lipinski definition) is 2. The standard InChI is InChI=1S/C11H19O2.BrH.Hg/c1-2-10-8-11(13-12-10)9-6-4-3-5-7-9;;/h9-11H,1-8H2;1H;/q;;+1/p-1. The minimum absolute atomic E-state index is 0.412. The third-order valence-corrected chi connectivity index (χ3v) is 11.2. The van der Waals surface area contributed by atoms with Crippen molar-refractivity contribution < 1.29 is 31.9 Å². The molecular weight excluding hydrogens is 445 g/mol. The summed E-state index contributed by atoms with van der Waals surface area (Å²) in [5.74, 6) is 0.789. The molecule has 2 rings (SSSR count). The first kappa shape index (κ1) is 12.8. The molecule has 1 saturated carbocycles. The van der Waals surface area contributed by atoms with Crippen LogP contribution in [0.15, 0.2) is 0 Å². The summed E-state index contributed by atoms with van der Waals surface area (Å²) in [6.07, 6.45) is 10.2. The second kappa shape index (κ2) is 6.92. The molecular formula is C11H19BrHgO2. The van der Waals surface area contributed by atoms with Crippen molar-refractivity contribution in [2.45, 2.75) is 61.1 Å². The summed E-state index contributed by atoms with van der Waals surface area (Å²) < 4.78 is 1.41. The van der Waals surface area contributed by atoms with E-state index < -0.39 is 22.1 Å². The molecule has 0 N–H and O–H groups in total. The molecule has 1 heterocycles. The van der Waals surface area contributed by atoms with E-state index in [0.717, 1.165) is 12.3 Å². The van der Waals surface area contributed by atoms with Gasteiger partial charge in [-0.2, -0.15) is 0 Å². The minimum atomic E-state index is -0.615. The third kappa shape index (κ3) is 3.93. The summed E-state index contributed by atoms with van der Waals surface area (Å²) in [5.41, 5.74) is 0. The van der Waals surface area contributed by atoms with E-state index in [1.165, 1.54) is 42.5 Å². The van der Waals surface area contributed by atoms with Crippen LogP contribution in [0.25, 0.3) is 0 Å². The summed E-state index contributed by atoms with van der Waals surface area (Å²) in [7, 11) is 0. The second-order valence-corrected chi connectivity index (χ2v) is 16.0. The molecule has 1 aliphatic carbocycles. The molecule has 15 heavy (non-hydrogen) atoms. The summed E-state index contributed by atoms with van der Waals surface area (Å²) in [5, 5.41) is 0. The molecule has 2 nitrogen and oxygen atoms in total. The number of hydrogen-bond donors (Lipinski definition) is 0. The van der Waals surface area contributed by atoms with Crippen molar-refractivity contribution in [3.8, 4) is 0 Å². The zero-order valence-corrected chi connectivity index (χ0v) is 16.4. The van der Waals surface area contributed by atoms with Crippen LogP contribution < -0.4 is 0 Å². The van der Waals surface area contributed by atoms with E-state index in [4.69, 9.17) is 9.78 Å². The van der Waals surface area contributed by atoms with E-state index in [1.807, 2.05) is 0 Å². The molecule has 2 atom stereocenters. The van der Waals surface area contributed by atoms with Gasteiger partial charge in [-0.3, -0.25) is 0 Å². The van der Waals surface area contributed by atoms with Crippen LogP contribution in [0.5, 0.6) is 0 Å². The Morgan fingerprint density at radius 3 is 2.67 bits per heavy atom. The fraction of sp³-hybridized carbons (Fsp3) is 1.00. The average molecular weight is 464 g/mol. The van der Waals surface area contributed by atoms with Crippen molar-refractivity contribution in [1.29, 1.82) is 0 Å². The van der Waals surface area contributed by atoms with E-state index in [0.29, 0.717) is 12.2 Å². The van der Waals surface area contributed by atoms with Crippen LogP contribution >= 0.6 is 11.9 Å². The Kier molecular flexibility index (Phi) is 5.90. The van der Waals surface area contributed by atoms with Crippen molar-refractivity contribution in [2.75, 3.05) is 0 Å². The van der Waals surface area contributed by atoms with Gasteiger partial charge in [-0.1, -0.05) is 0 Å². The molecule has 2 unspecified atom stereocenters. The Morgan fingerprint density at radius 2 is 1.93 bits per heavy atom. The van der Waals surface area contributed by atoms with Crippen LogP contribution in [0.4, 0.5) is 0 Å². The van der Waals surface area contributed by atoms with E-state index in [-0.39, 0.29) is 0 Å². The zero-order chi connectivity index (χ0) is 10.5.